The normalized spacial score (nSPS) is 11.7. The van der Waals surface area contributed by atoms with Crippen LogP contribution in [0.15, 0.2) is 47.5 Å². The number of aromatic nitrogens is 1. The molecule has 1 heterocycles. The molecule has 0 aliphatic heterocycles. The Morgan fingerprint density at radius 2 is 1.92 bits per heavy atom. The van der Waals surface area contributed by atoms with E-state index in [9.17, 15) is 9.59 Å². The summed E-state index contributed by atoms with van der Waals surface area (Å²) in [5.74, 6) is -0.704. The molecule has 6 heteroatoms. The molecule has 3 aromatic rings. The number of carbonyl (C=O) groups excluding carboxylic acids is 2. The molecule has 1 aromatic heterocycles. The number of hydrogen-bond donors (Lipinski definition) is 0. The Balaban J connectivity index is 2.17. The van der Waals surface area contributed by atoms with Gasteiger partial charge in [0.05, 0.1) is 17.3 Å². The number of fused-ring (bicyclic) bond motifs is 1. The topological polar surface area (TPSA) is 60.7 Å². The van der Waals surface area contributed by atoms with Gasteiger partial charge in [-0.3, -0.25) is 9.59 Å². The van der Waals surface area contributed by atoms with Crippen molar-refractivity contribution < 1.29 is 14.3 Å². The smallest absolute Gasteiger partial charge is 0.325 e. The van der Waals surface area contributed by atoms with Gasteiger partial charge in [0, 0.05) is 5.56 Å². The van der Waals surface area contributed by atoms with Crippen molar-refractivity contribution in [2.45, 2.75) is 20.4 Å². The van der Waals surface area contributed by atoms with Gasteiger partial charge in [0.2, 0.25) is 0 Å². The number of hydrogen-bond acceptors (Lipinski definition) is 4. The maximum atomic E-state index is 12.6. The molecule has 0 bridgehead atoms. The molecule has 0 spiro atoms. The van der Waals surface area contributed by atoms with E-state index >= 15 is 0 Å². The second kappa shape index (κ2) is 7.03. The minimum atomic E-state index is -0.384. The first-order valence-electron chi connectivity index (χ1n) is 7.81. The summed E-state index contributed by atoms with van der Waals surface area (Å²) >= 11 is 1.39. The largest absolute Gasteiger partial charge is 0.468 e. The maximum Gasteiger partial charge on any atom is 0.325 e. The van der Waals surface area contributed by atoms with Gasteiger partial charge in [-0.25, -0.2) is 0 Å². The molecule has 5 nitrogen and oxygen atoms in total. The third kappa shape index (κ3) is 3.53. The van der Waals surface area contributed by atoms with Crippen molar-refractivity contribution in [1.29, 1.82) is 0 Å². The molecule has 3 rings (SSSR count). The zero-order valence-corrected chi connectivity index (χ0v) is 15.1. The average molecular weight is 354 g/mol. The van der Waals surface area contributed by atoms with Crippen LogP contribution in [0.1, 0.15) is 21.5 Å². The SMILES string of the molecule is COC(=O)Cn1c(=NC(=O)c2ccccc2C)sc2cc(C)ccc21. The van der Waals surface area contributed by atoms with Crippen LogP contribution < -0.4 is 4.80 Å². The first-order valence-corrected chi connectivity index (χ1v) is 8.62. The Kier molecular flexibility index (Phi) is 4.81. The maximum absolute atomic E-state index is 12.6. The fourth-order valence-electron chi connectivity index (χ4n) is 2.57. The summed E-state index contributed by atoms with van der Waals surface area (Å²) in [5, 5.41) is 0. The lowest BCUT2D eigenvalue weighted by Crippen LogP contribution is -2.22. The van der Waals surface area contributed by atoms with E-state index < -0.39 is 0 Å². The number of benzene rings is 2. The summed E-state index contributed by atoms with van der Waals surface area (Å²) in [6.45, 7) is 3.89. The van der Waals surface area contributed by atoms with Crippen molar-refractivity contribution >= 4 is 33.4 Å². The fourth-order valence-corrected chi connectivity index (χ4v) is 3.70. The number of methoxy groups -OCH3 is 1. The number of esters is 1. The standard InChI is InChI=1S/C19H18N2O3S/c1-12-8-9-15-16(10-12)25-19(21(15)11-17(22)24-3)20-18(23)14-7-5-4-6-13(14)2/h4-10H,11H2,1-3H3. The van der Waals surface area contributed by atoms with Crippen LogP contribution >= 0.6 is 11.3 Å². The Morgan fingerprint density at radius 3 is 2.64 bits per heavy atom. The van der Waals surface area contributed by atoms with Gasteiger partial charge in [0.25, 0.3) is 5.91 Å². The first-order chi connectivity index (χ1) is 12.0. The van der Waals surface area contributed by atoms with E-state index in [0.29, 0.717) is 10.4 Å². The fraction of sp³-hybridized carbons (Fsp3) is 0.211. The van der Waals surface area contributed by atoms with E-state index in [1.165, 1.54) is 18.4 Å². The Labute approximate surface area is 149 Å². The summed E-state index contributed by atoms with van der Waals surface area (Å²) in [6, 6.07) is 13.2. The average Bonchev–Trinajstić information content (AvgIpc) is 2.91. The highest BCUT2D eigenvalue weighted by Crippen LogP contribution is 2.19. The van der Waals surface area contributed by atoms with Crippen molar-refractivity contribution in [2.24, 2.45) is 4.99 Å². The Morgan fingerprint density at radius 1 is 1.16 bits per heavy atom. The highest BCUT2D eigenvalue weighted by molar-refractivity contribution is 7.16. The van der Waals surface area contributed by atoms with Crippen LogP contribution in [0.3, 0.4) is 0 Å². The molecule has 1 amide bonds. The number of aryl methyl sites for hydroxylation is 2. The third-order valence-electron chi connectivity index (χ3n) is 3.93. The predicted molar refractivity (Wildman–Crippen MR) is 97.6 cm³/mol. The second-order valence-corrected chi connectivity index (χ2v) is 6.76. The number of thiazole rings is 1. The minimum absolute atomic E-state index is 0.0133. The number of nitrogens with zero attached hydrogens (tertiary/aromatic N) is 2. The van der Waals surface area contributed by atoms with E-state index in [1.54, 1.807) is 10.6 Å². The van der Waals surface area contributed by atoms with E-state index in [4.69, 9.17) is 4.74 Å². The van der Waals surface area contributed by atoms with Gasteiger partial charge in [-0.1, -0.05) is 35.6 Å². The second-order valence-electron chi connectivity index (χ2n) is 5.75. The number of carbonyl (C=O) groups is 2. The van der Waals surface area contributed by atoms with Crippen molar-refractivity contribution in [1.82, 2.24) is 4.57 Å². The molecule has 0 N–H and O–H groups in total. The molecule has 0 atom stereocenters. The highest BCUT2D eigenvalue weighted by atomic mass is 32.1. The van der Waals surface area contributed by atoms with Gasteiger partial charge in [-0.2, -0.15) is 4.99 Å². The van der Waals surface area contributed by atoms with E-state index in [-0.39, 0.29) is 18.4 Å². The molecule has 0 aliphatic carbocycles. The molecule has 25 heavy (non-hydrogen) atoms. The van der Waals surface area contributed by atoms with Gasteiger partial charge in [0.15, 0.2) is 4.80 Å². The van der Waals surface area contributed by atoms with Gasteiger partial charge in [-0.05, 0) is 43.2 Å². The van der Waals surface area contributed by atoms with Crippen LogP contribution in [-0.2, 0) is 16.1 Å². The summed E-state index contributed by atoms with van der Waals surface area (Å²) < 4.78 is 7.47. The van der Waals surface area contributed by atoms with Crippen LogP contribution in [0.2, 0.25) is 0 Å². The van der Waals surface area contributed by atoms with Crippen LogP contribution in [0, 0.1) is 13.8 Å². The lowest BCUT2D eigenvalue weighted by Gasteiger charge is -2.04. The number of ether oxygens (including phenoxy) is 1. The minimum Gasteiger partial charge on any atom is -0.468 e. The summed E-state index contributed by atoms with van der Waals surface area (Å²) in [7, 11) is 1.34. The molecule has 0 saturated carbocycles. The number of rotatable bonds is 3. The van der Waals surface area contributed by atoms with Crippen molar-refractivity contribution in [3.05, 3.63) is 64.0 Å². The summed E-state index contributed by atoms with van der Waals surface area (Å²) in [6.07, 6.45) is 0. The lowest BCUT2D eigenvalue weighted by molar-refractivity contribution is -0.141. The Hall–Kier alpha value is -2.73. The molecular weight excluding hydrogens is 336 g/mol. The highest BCUT2D eigenvalue weighted by Gasteiger charge is 2.13. The van der Waals surface area contributed by atoms with E-state index in [0.717, 1.165) is 21.3 Å². The van der Waals surface area contributed by atoms with Crippen LogP contribution in [0.25, 0.3) is 10.2 Å². The first kappa shape index (κ1) is 17.1. The number of amides is 1. The molecule has 0 radical (unpaired) electrons. The van der Waals surface area contributed by atoms with Gasteiger partial charge in [-0.15, -0.1) is 0 Å². The van der Waals surface area contributed by atoms with E-state index in [2.05, 4.69) is 4.99 Å². The lowest BCUT2D eigenvalue weighted by atomic mass is 10.1. The quantitative estimate of drug-likeness (QED) is 0.679. The van der Waals surface area contributed by atoms with Gasteiger partial charge >= 0.3 is 5.97 Å². The molecule has 2 aromatic carbocycles. The van der Waals surface area contributed by atoms with Crippen molar-refractivity contribution in [2.75, 3.05) is 7.11 Å². The van der Waals surface area contributed by atoms with Crippen molar-refractivity contribution in [3.63, 3.8) is 0 Å². The molecule has 0 unspecified atom stereocenters. The zero-order chi connectivity index (χ0) is 18.0. The van der Waals surface area contributed by atoms with Crippen LogP contribution in [0.5, 0.6) is 0 Å². The third-order valence-corrected chi connectivity index (χ3v) is 4.97. The zero-order valence-electron chi connectivity index (χ0n) is 14.3. The van der Waals surface area contributed by atoms with E-state index in [1.807, 2.05) is 50.2 Å². The van der Waals surface area contributed by atoms with Crippen LogP contribution in [0.4, 0.5) is 0 Å². The molecular formula is C19H18N2O3S. The Bertz CT molecular complexity index is 1030. The summed E-state index contributed by atoms with van der Waals surface area (Å²) in [5.41, 5.74) is 3.39. The molecule has 0 aliphatic rings. The van der Waals surface area contributed by atoms with Crippen LogP contribution in [-0.4, -0.2) is 23.6 Å². The predicted octanol–water partition coefficient (Wildman–Crippen LogP) is 3.23. The van der Waals surface area contributed by atoms with Crippen molar-refractivity contribution in [3.8, 4) is 0 Å². The molecule has 0 saturated heterocycles. The molecule has 0 fully saturated rings. The van der Waals surface area contributed by atoms with Gasteiger partial charge < -0.3 is 9.30 Å². The van der Waals surface area contributed by atoms with Gasteiger partial charge in [0.1, 0.15) is 6.54 Å². The summed E-state index contributed by atoms with van der Waals surface area (Å²) in [4.78, 5) is 29.1. The molecule has 128 valence electrons. The monoisotopic (exact) mass is 354 g/mol.